The first kappa shape index (κ1) is 22.3. The Morgan fingerprint density at radius 3 is 2.34 bits per heavy atom. The number of hydrogen-bond acceptors (Lipinski definition) is 6. The molecule has 3 saturated heterocycles. The number of likely N-dealkylation sites (tertiary alicyclic amines) is 1. The summed E-state index contributed by atoms with van der Waals surface area (Å²) in [5, 5.41) is 8.80. The molecule has 1 amide bonds. The molecule has 3 aliphatic heterocycles. The molecule has 0 aromatic carbocycles. The highest BCUT2D eigenvalue weighted by molar-refractivity contribution is 5.69. The van der Waals surface area contributed by atoms with Gasteiger partial charge < -0.3 is 24.5 Å². The number of rotatable bonds is 9. The number of piperidine rings is 1. The molecule has 0 aromatic rings. The zero-order valence-electron chi connectivity index (χ0n) is 18.1. The van der Waals surface area contributed by atoms with Crippen molar-refractivity contribution in [1.82, 2.24) is 19.6 Å². The Hall–Kier alpha value is -1.38. The predicted octanol–water partition coefficient (Wildman–Crippen LogP) is 1.41. The molecule has 8 heteroatoms. The predicted molar refractivity (Wildman–Crippen MR) is 111 cm³/mol. The number of cyclic esters (lactones) is 1. The fraction of sp³-hybridized carbons (Fsp3) is 0.905. The molecule has 1 atom stereocenters. The third-order valence-corrected chi connectivity index (χ3v) is 6.71. The van der Waals surface area contributed by atoms with E-state index in [0.29, 0.717) is 19.1 Å². The lowest BCUT2D eigenvalue weighted by Crippen LogP contribution is -2.49. The molecule has 0 radical (unpaired) electrons. The number of carboxylic acids is 1. The van der Waals surface area contributed by atoms with E-state index in [-0.39, 0.29) is 18.6 Å². The first-order chi connectivity index (χ1) is 13.9. The summed E-state index contributed by atoms with van der Waals surface area (Å²) in [6, 6.07) is 0.629. The lowest BCUT2D eigenvalue weighted by Gasteiger charge is -2.35. The van der Waals surface area contributed by atoms with Crippen molar-refractivity contribution in [2.45, 2.75) is 51.7 Å². The van der Waals surface area contributed by atoms with Crippen molar-refractivity contribution in [2.24, 2.45) is 5.92 Å². The van der Waals surface area contributed by atoms with E-state index in [0.717, 1.165) is 51.6 Å². The summed E-state index contributed by atoms with van der Waals surface area (Å²) < 4.78 is 5.62. The van der Waals surface area contributed by atoms with Crippen molar-refractivity contribution in [3.63, 3.8) is 0 Å². The van der Waals surface area contributed by atoms with Gasteiger partial charge in [0.25, 0.3) is 0 Å². The van der Waals surface area contributed by atoms with Crippen molar-refractivity contribution in [2.75, 3.05) is 65.4 Å². The van der Waals surface area contributed by atoms with Crippen LogP contribution in [0.15, 0.2) is 0 Å². The molecule has 3 fully saturated rings. The largest absolute Gasteiger partial charge is 0.481 e. The number of piperazine rings is 1. The van der Waals surface area contributed by atoms with Crippen molar-refractivity contribution >= 4 is 12.1 Å². The second kappa shape index (κ2) is 10.6. The molecule has 3 heterocycles. The average Bonchev–Trinajstić information content (AvgIpc) is 3.05. The van der Waals surface area contributed by atoms with Gasteiger partial charge in [0.1, 0.15) is 6.10 Å². The maximum Gasteiger partial charge on any atom is 0.410 e. The van der Waals surface area contributed by atoms with E-state index >= 15 is 0 Å². The summed E-state index contributed by atoms with van der Waals surface area (Å²) >= 11 is 0. The summed E-state index contributed by atoms with van der Waals surface area (Å²) in [6.07, 6.45) is 3.54. The van der Waals surface area contributed by atoms with E-state index in [1.165, 1.54) is 25.9 Å². The second-order valence-corrected chi connectivity index (χ2v) is 9.10. The number of nitrogens with zero attached hydrogens (tertiary/aromatic N) is 4. The highest BCUT2D eigenvalue weighted by Crippen LogP contribution is 2.23. The number of carbonyl (C=O) groups excluding carboxylic acids is 1. The fourth-order valence-electron chi connectivity index (χ4n) is 4.69. The Kier molecular flexibility index (Phi) is 8.15. The lowest BCUT2D eigenvalue weighted by atomic mass is 9.93. The molecule has 29 heavy (non-hydrogen) atoms. The van der Waals surface area contributed by atoms with Gasteiger partial charge in [0.05, 0.1) is 13.0 Å². The topological polar surface area (TPSA) is 76.6 Å². The third-order valence-electron chi connectivity index (χ3n) is 6.71. The van der Waals surface area contributed by atoms with Crippen molar-refractivity contribution in [3.05, 3.63) is 0 Å². The quantitative estimate of drug-likeness (QED) is 0.616. The molecule has 1 N–H and O–H groups in total. The van der Waals surface area contributed by atoms with E-state index < -0.39 is 5.97 Å². The zero-order valence-corrected chi connectivity index (χ0v) is 18.1. The highest BCUT2D eigenvalue weighted by atomic mass is 16.6. The van der Waals surface area contributed by atoms with Crippen LogP contribution in [-0.2, 0) is 9.53 Å². The van der Waals surface area contributed by atoms with E-state index in [1.807, 2.05) is 4.90 Å². The Labute approximate surface area is 174 Å². The molecular formula is C21H38N4O4. The molecule has 0 aliphatic carbocycles. The lowest BCUT2D eigenvalue weighted by molar-refractivity contribution is -0.137. The van der Waals surface area contributed by atoms with Gasteiger partial charge in [-0.1, -0.05) is 0 Å². The number of carboxylic acid groups (broad SMARTS) is 1. The maximum atomic E-state index is 12.3. The van der Waals surface area contributed by atoms with Gasteiger partial charge in [-0.2, -0.15) is 0 Å². The van der Waals surface area contributed by atoms with E-state index in [2.05, 4.69) is 28.5 Å². The van der Waals surface area contributed by atoms with Crippen molar-refractivity contribution < 1.29 is 19.4 Å². The van der Waals surface area contributed by atoms with Crippen LogP contribution in [0.1, 0.15) is 39.5 Å². The number of hydrogen-bond donors (Lipinski definition) is 1. The SMILES string of the molecule is CC(C)N1CCC(CCN2CC(CN3CCN(CCC(=O)O)CC3)OC2=O)CC1. The van der Waals surface area contributed by atoms with Gasteiger partial charge in [0, 0.05) is 51.9 Å². The molecular weight excluding hydrogens is 372 g/mol. The van der Waals surface area contributed by atoms with Crippen molar-refractivity contribution in [1.29, 1.82) is 0 Å². The first-order valence-electron chi connectivity index (χ1n) is 11.3. The van der Waals surface area contributed by atoms with Crippen LogP contribution in [0.5, 0.6) is 0 Å². The number of carbonyl (C=O) groups is 2. The van der Waals surface area contributed by atoms with Crippen LogP contribution in [-0.4, -0.2) is 114 Å². The molecule has 3 aliphatic rings. The minimum atomic E-state index is -0.740. The fourth-order valence-corrected chi connectivity index (χ4v) is 4.69. The second-order valence-electron chi connectivity index (χ2n) is 9.10. The molecule has 0 aromatic heterocycles. The van der Waals surface area contributed by atoms with Gasteiger partial charge >= 0.3 is 12.1 Å². The standard InChI is InChI=1S/C21H38N4O4/c1-17(2)24-8-3-18(4-9-24)5-10-25-16-19(29-21(25)28)15-23-13-11-22(12-14-23)7-6-20(26)27/h17-19H,3-16H2,1-2H3,(H,26,27). The summed E-state index contributed by atoms with van der Waals surface area (Å²) in [6.45, 7) is 13.3. The zero-order chi connectivity index (χ0) is 20.8. The van der Waals surface area contributed by atoms with E-state index in [1.54, 1.807) is 0 Å². The molecule has 0 bridgehead atoms. The normalized spacial score (nSPS) is 25.7. The highest BCUT2D eigenvalue weighted by Gasteiger charge is 2.33. The van der Waals surface area contributed by atoms with Crippen LogP contribution >= 0.6 is 0 Å². The molecule has 1 unspecified atom stereocenters. The Balaban J connectivity index is 1.32. The molecule has 3 rings (SSSR count). The van der Waals surface area contributed by atoms with Gasteiger partial charge in [-0.3, -0.25) is 9.69 Å². The molecule has 166 valence electrons. The smallest absolute Gasteiger partial charge is 0.410 e. The minimum absolute atomic E-state index is 0.0455. The molecule has 0 spiro atoms. The summed E-state index contributed by atoms with van der Waals surface area (Å²) in [5.41, 5.74) is 0. The van der Waals surface area contributed by atoms with Gasteiger partial charge in [-0.15, -0.1) is 0 Å². The Morgan fingerprint density at radius 1 is 1.07 bits per heavy atom. The summed E-state index contributed by atoms with van der Waals surface area (Å²) in [7, 11) is 0. The van der Waals surface area contributed by atoms with Crippen LogP contribution in [0.2, 0.25) is 0 Å². The Bertz CT molecular complexity index is 543. The molecule has 0 saturated carbocycles. The van der Waals surface area contributed by atoms with Crippen LogP contribution in [0.25, 0.3) is 0 Å². The van der Waals surface area contributed by atoms with E-state index in [9.17, 15) is 9.59 Å². The number of amides is 1. The van der Waals surface area contributed by atoms with Gasteiger partial charge in [-0.05, 0) is 52.1 Å². The Morgan fingerprint density at radius 2 is 1.72 bits per heavy atom. The molecule has 8 nitrogen and oxygen atoms in total. The van der Waals surface area contributed by atoms with Crippen LogP contribution in [0.3, 0.4) is 0 Å². The minimum Gasteiger partial charge on any atom is -0.481 e. The monoisotopic (exact) mass is 410 g/mol. The third kappa shape index (κ3) is 6.83. The first-order valence-corrected chi connectivity index (χ1v) is 11.3. The van der Waals surface area contributed by atoms with Crippen LogP contribution in [0.4, 0.5) is 4.79 Å². The van der Waals surface area contributed by atoms with Gasteiger partial charge in [0.2, 0.25) is 0 Å². The van der Waals surface area contributed by atoms with Gasteiger partial charge in [0.15, 0.2) is 0 Å². The maximum absolute atomic E-state index is 12.3. The van der Waals surface area contributed by atoms with Gasteiger partial charge in [-0.25, -0.2) is 4.79 Å². The average molecular weight is 411 g/mol. The van der Waals surface area contributed by atoms with Crippen molar-refractivity contribution in [3.8, 4) is 0 Å². The summed E-state index contributed by atoms with van der Waals surface area (Å²) in [4.78, 5) is 31.9. The van der Waals surface area contributed by atoms with Crippen LogP contribution in [0, 0.1) is 5.92 Å². The van der Waals surface area contributed by atoms with Crippen LogP contribution < -0.4 is 0 Å². The number of aliphatic carboxylic acids is 1. The summed E-state index contributed by atoms with van der Waals surface area (Å²) in [5.74, 6) is -0.0217. The van der Waals surface area contributed by atoms with E-state index in [4.69, 9.17) is 9.84 Å². The number of ether oxygens (including phenoxy) is 1.